The Morgan fingerprint density at radius 3 is 2.88 bits per heavy atom. The molecule has 0 aliphatic rings. The van der Waals surface area contributed by atoms with E-state index in [0.29, 0.717) is 6.54 Å². The minimum absolute atomic E-state index is 0.0529. The predicted octanol–water partition coefficient (Wildman–Crippen LogP) is 1.12. The molecular formula is C12H21N3O. The molecule has 16 heavy (non-hydrogen) atoms. The lowest BCUT2D eigenvalue weighted by molar-refractivity contribution is -0.122. The molecule has 1 aromatic heterocycles. The van der Waals surface area contributed by atoms with E-state index >= 15 is 0 Å². The number of carbonyl (C=O) groups excluding carboxylic acids is 1. The van der Waals surface area contributed by atoms with Crippen LogP contribution in [0.1, 0.15) is 26.5 Å². The van der Waals surface area contributed by atoms with Crippen LogP contribution in [0.25, 0.3) is 0 Å². The van der Waals surface area contributed by atoms with Crippen molar-refractivity contribution in [3.63, 3.8) is 0 Å². The number of likely N-dealkylation sites (N-methyl/N-ethyl adjacent to an activating group) is 1. The van der Waals surface area contributed by atoms with Gasteiger partial charge in [0.2, 0.25) is 5.91 Å². The Hall–Kier alpha value is -1.29. The van der Waals surface area contributed by atoms with E-state index in [1.807, 2.05) is 26.1 Å². The van der Waals surface area contributed by atoms with Gasteiger partial charge in [-0.15, -0.1) is 0 Å². The molecule has 0 aromatic carbocycles. The minimum Gasteiger partial charge on any atom is -0.355 e. The largest absolute Gasteiger partial charge is 0.355 e. The van der Waals surface area contributed by atoms with Gasteiger partial charge in [-0.25, -0.2) is 0 Å². The van der Waals surface area contributed by atoms with Crippen molar-refractivity contribution in [3.8, 4) is 0 Å². The van der Waals surface area contributed by atoms with Gasteiger partial charge >= 0.3 is 0 Å². The number of rotatable bonds is 6. The average Bonchev–Trinajstić information content (AvgIpc) is 2.73. The zero-order chi connectivity index (χ0) is 12.0. The van der Waals surface area contributed by atoms with Gasteiger partial charge in [0.25, 0.3) is 0 Å². The van der Waals surface area contributed by atoms with Crippen LogP contribution in [0.5, 0.6) is 0 Å². The molecule has 0 aliphatic heterocycles. The maximum atomic E-state index is 11.5. The molecule has 2 N–H and O–H groups in total. The number of carbonyl (C=O) groups is 1. The Labute approximate surface area is 97.0 Å². The predicted molar refractivity (Wildman–Crippen MR) is 65.1 cm³/mol. The van der Waals surface area contributed by atoms with Crippen molar-refractivity contribution in [2.75, 3.05) is 6.54 Å². The number of hydrogen-bond donors (Lipinski definition) is 2. The van der Waals surface area contributed by atoms with Crippen molar-refractivity contribution in [2.45, 2.75) is 39.9 Å². The summed E-state index contributed by atoms with van der Waals surface area (Å²) in [6.45, 7) is 8.27. The quantitative estimate of drug-likeness (QED) is 0.759. The first-order chi connectivity index (χ1) is 7.69. The first-order valence-electron chi connectivity index (χ1n) is 5.84. The minimum atomic E-state index is -0.153. The van der Waals surface area contributed by atoms with Crippen LogP contribution in [0, 0.1) is 0 Å². The van der Waals surface area contributed by atoms with Crippen molar-refractivity contribution in [3.05, 3.63) is 24.0 Å². The zero-order valence-electron chi connectivity index (χ0n) is 10.3. The fraction of sp³-hybridized carbons (Fsp3) is 0.583. The molecule has 0 saturated heterocycles. The molecule has 90 valence electrons. The molecule has 0 radical (unpaired) electrons. The summed E-state index contributed by atoms with van der Waals surface area (Å²) >= 11 is 0. The molecule has 0 bridgehead atoms. The summed E-state index contributed by atoms with van der Waals surface area (Å²) < 4.78 is 2.16. The van der Waals surface area contributed by atoms with Crippen LogP contribution in [-0.4, -0.2) is 23.1 Å². The third kappa shape index (κ3) is 3.38. The van der Waals surface area contributed by atoms with Gasteiger partial charge in [0.1, 0.15) is 0 Å². The van der Waals surface area contributed by atoms with Crippen LogP contribution in [0.15, 0.2) is 18.3 Å². The lowest BCUT2D eigenvalue weighted by Gasteiger charge is -2.14. The molecule has 4 heteroatoms. The van der Waals surface area contributed by atoms with E-state index in [-0.39, 0.29) is 11.9 Å². The molecule has 1 atom stereocenters. The highest BCUT2D eigenvalue weighted by atomic mass is 16.2. The van der Waals surface area contributed by atoms with E-state index in [1.54, 1.807) is 0 Å². The van der Waals surface area contributed by atoms with Gasteiger partial charge in [-0.2, -0.15) is 0 Å². The number of nitrogens with zero attached hydrogens (tertiary/aromatic N) is 1. The van der Waals surface area contributed by atoms with E-state index in [9.17, 15) is 4.79 Å². The summed E-state index contributed by atoms with van der Waals surface area (Å²) in [6, 6.07) is 3.94. The average molecular weight is 223 g/mol. The van der Waals surface area contributed by atoms with Gasteiger partial charge in [0.15, 0.2) is 0 Å². The number of nitrogens with one attached hydrogen (secondary N) is 2. The first-order valence-corrected chi connectivity index (χ1v) is 5.84. The Bertz CT molecular complexity index is 333. The van der Waals surface area contributed by atoms with Gasteiger partial charge in [0, 0.05) is 31.5 Å². The fourth-order valence-corrected chi connectivity index (χ4v) is 1.60. The Morgan fingerprint density at radius 1 is 1.50 bits per heavy atom. The number of aryl methyl sites for hydroxylation is 1. The molecule has 1 unspecified atom stereocenters. The third-order valence-electron chi connectivity index (χ3n) is 2.60. The van der Waals surface area contributed by atoms with Gasteiger partial charge in [-0.3, -0.25) is 4.79 Å². The lowest BCUT2D eigenvalue weighted by Crippen LogP contribution is -2.41. The molecule has 1 amide bonds. The standard InChI is InChI=1S/C12H21N3O/c1-4-13-12(16)10(3)14-9-11-7-6-8-15(11)5-2/h6-8,10,14H,4-5,9H2,1-3H3,(H,13,16). The van der Waals surface area contributed by atoms with Crippen LogP contribution in [-0.2, 0) is 17.9 Å². The van der Waals surface area contributed by atoms with Crippen molar-refractivity contribution >= 4 is 5.91 Å². The van der Waals surface area contributed by atoms with Gasteiger partial charge in [-0.05, 0) is 32.9 Å². The van der Waals surface area contributed by atoms with E-state index < -0.39 is 0 Å². The summed E-state index contributed by atoms with van der Waals surface area (Å²) in [5.41, 5.74) is 1.21. The van der Waals surface area contributed by atoms with Crippen LogP contribution in [0.3, 0.4) is 0 Å². The molecule has 0 fully saturated rings. The molecule has 0 saturated carbocycles. The smallest absolute Gasteiger partial charge is 0.236 e. The van der Waals surface area contributed by atoms with E-state index in [2.05, 4.69) is 28.2 Å². The van der Waals surface area contributed by atoms with Crippen molar-refractivity contribution in [1.29, 1.82) is 0 Å². The zero-order valence-corrected chi connectivity index (χ0v) is 10.3. The second-order valence-corrected chi connectivity index (χ2v) is 3.78. The third-order valence-corrected chi connectivity index (χ3v) is 2.60. The SMILES string of the molecule is CCNC(=O)C(C)NCc1cccn1CC. The molecule has 4 nitrogen and oxygen atoms in total. The van der Waals surface area contributed by atoms with Gasteiger partial charge in [0.05, 0.1) is 6.04 Å². The van der Waals surface area contributed by atoms with Crippen LogP contribution < -0.4 is 10.6 Å². The maximum absolute atomic E-state index is 11.5. The van der Waals surface area contributed by atoms with Crippen molar-refractivity contribution in [2.24, 2.45) is 0 Å². The number of amides is 1. The van der Waals surface area contributed by atoms with E-state index in [0.717, 1.165) is 13.1 Å². The van der Waals surface area contributed by atoms with E-state index in [1.165, 1.54) is 5.69 Å². The number of aromatic nitrogens is 1. The molecular weight excluding hydrogens is 202 g/mol. The molecule has 1 rings (SSSR count). The normalized spacial score (nSPS) is 12.4. The highest BCUT2D eigenvalue weighted by molar-refractivity contribution is 5.81. The number of hydrogen-bond acceptors (Lipinski definition) is 2. The summed E-state index contributed by atoms with van der Waals surface area (Å²) in [5.74, 6) is 0.0529. The summed E-state index contributed by atoms with van der Waals surface area (Å²) in [6.07, 6.45) is 2.05. The topological polar surface area (TPSA) is 46.1 Å². The maximum Gasteiger partial charge on any atom is 0.236 e. The second kappa shape index (κ2) is 6.33. The van der Waals surface area contributed by atoms with Crippen molar-refractivity contribution in [1.82, 2.24) is 15.2 Å². The summed E-state index contributed by atoms with van der Waals surface area (Å²) in [5, 5.41) is 6.01. The Balaban J connectivity index is 2.42. The van der Waals surface area contributed by atoms with E-state index in [4.69, 9.17) is 0 Å². The van der Waals surface area contributed by atoms with Crippen LogP contribution >= 0.6 is 0 Å². The highest BCUT2D eigenvalue weighted by Crippen LogP contribution is 2.01. The van der Waals surface area contributed by atoms with Crippen LogP contribution in [0.4, 0.5) is 0 Å². The molecule has 0 spiro atoms. The highest BCUT2D eigenvalue weighted by Gasteiger charge is 2.11. The molecule has 0 aliphatic carbocycles. The summed E-state index contributed by atoms with van der Waals surface area (Å²) in [4.78, 5) is 11.5. The van der Waals surface area contributed by atoms with Crippen LogP contribution in [0.2, 0.25) is 0 Å². The molecule has 1 heterocycles. The molecule has 1 aromatic rings. The Morgan fingerprint density at radius 2 is 2.25 bits per heavy atom. The van der Waals surface area contributed by atoms with Gasteiger partial charge in [-0.1, -0.05) is 0 Å². The monoisotopic (exact) mass is 223 g/mol. The Kier molecular flexibility index (Phi) is 5.05. The lowest BCUT2D eigenvalue weighted by atomic mass is 10.3. The van der Waals surface area contributed by atoms with Crippen molar-refractivity contribution < 1.29 is 4.79 Å². The fourth-order valence-electron chi connectivity index (χ4n) is 1.60. The first kappa shape index (κ1) is 12.8. The second-order valence-electron chi connectivity index (χ2n) is 3.78. The van der Waals surface area contributed by atoms with Gasteiger partial charge < -0.3 is 15.2 Å². The summed E-state index contributed by atoms with van der Waals surface area (Å²) in [7, 11) is 0.